The lowest BCUT2D eigenvalue weighted by molar-refractivity contribution is 0.388. The van der Waals surface area contributed by atoms with Crippen LogP contribution in [-0.4, -0.2) is 36.6 Å². The molecule has 1 aromatic rings. The molecule has 4 heteroatoms. The van der Waals surface area contributed by atoms with Crippen molar-refractivity contribution in [1.82, 2.24) is 15.2 Å². The molecule has 0 aromatic carbocycles. The van der Waals surface area contributed by atoms with Gasteiger partial charge in [0, 0.05) is 18.0 Å². The fraction of sp³-hybridized carbons (Fsp3) is 0.727. The van der Waals surface area contributed by atoms with Crippen molar-refractivity contribution in [2.45, 2.75) is 19.9 Å². The van der Waals surface area contributed by atoms with Crippen molar-refractivity contribution < 1.29 is 0 Å². The maximum atomic E-state index is 4.25. The van der Waals surface area contributed by atoms with Crippen molar-refractivity contribution in [3.05, 3.63) is 16.1 Å². The summed E-state index contributed by atoms with van der Waals surface area (Å²) in [5, 5.41) is 3.53. The molecule has 1 fully saturated rings. The molecular weight excluding hydrogens is 206 g/mol. The maximum Gasteiger partial charge on any atom is 0.0798 e. The molecule has 0 saturated carbocycles. The summed E-state index contributed by atoms with van der Waals surface area (Å²) in [5.41, 5.74) is 3.10. The van der Waals surface area contributed by atoms with Crippen molar-refractivity contribution >= 4 is 11.3 Å². The molecule has 1 aliphatic rings. The Balaban J connectivity index is 1.69. The van der Waals surface area contributed by atoms with Gasteiger partial charge in [-0.15, -0.1) is 11.3 Å². The number of rotatable bonds is 4. The van der Waals surface area contributed by atoms with Crippen LogP contribution in [-0.2, 0) is 6.54 Å². The van der Waals surface area contributed by atoms with Crippen LogP contribution in [0.1, 0.15) is 17.0 Å². The maximum absolute atomic E-state index is 4.25. The molecule has 15 heavy (non-hydrogen) atoms. The highest BCUT2D eigenvalue weighted by atomic mass is 32.1. The van der Waals surface area contributed by atoms with Crippen molar-refractivity contribution in [1.29, 1.82) is 0 Å². The monoisotopic (exact) mass is 225 g/mol. The van der Waals surface area contributed by atoms with Crippen LogP contribution in [0.25, 0.3) is 0 Å². The van der Waals surface area contributed by atoms with Gasteiger partial charge in [0.15, 0.2) is 0 Å². The van der Waals surface area contributed by atoms with E-state index in [-0.39, 0.29) is 0 Å². The zero-order valence-corrected chi connectivity index (χ0v) is 10.3. The highest BCUT2D eigenvalue weighted by Crippen LogP contribution is 2.14. The van der Waals surface area contributed by atoms with E-state index >= 15 is 0 Å². The van der Waals surface area contributed by atoms with Gasteiger partial charge in [0.2, 0.25) is 0 Å². The van der Waals surface area contributed by atoms with Gasteiger partial charge in [-0.05, 0) is 39.4 Å². The third kappa shape index (κ3) is 3.00. The molecule has 1 atom stereocenters. The molecule has 2 rings (SSSR count). The normalized spacial score (nSPS) is 22.4. The zero-order chi connectivity index (χ0) is 10.7. The van der Waals surface area contributed by atoms with Crippen molar-refractivity contribution in [2.75, 3.05) is 26.7 Å². The summed E-state index contributed by atoms with van der Waals surface area (Å²) in [6.07, 6.45) is 1.34. The quantitative estimate of drug-likeness (QED) is 0.841. The molecular formula is C11H19N3S. The second-order valence-corrected chi connectivity index (χ2v) is 5.35. The van der Waals surface area contributed by atoms with Gasteiger partial charge in [-0.25, -0.2) is 4.98 Å². The lowest BCUT2D eigenvalue weighted by atomic mass is 10.1. The van der Waals surface area contributed by atoms with E-state index < -0.39 is 0 Å². The van der Waals surface area contributed by atoms with Crippen LogP contribution in [0.2, 0.25) is 0 Å². The standard InChI is InChI=1S/C11H19N3S/c1-9-11(15-8-13-9)6-12-5-10-3-4-14(2)7-10/h8,10,12H,3-7H2,1-2H3. The second-order valence-electron chi connectivity index (χ2n) is 4.41. The molecule has 1 N–H and O–H groups in total. The summed E-state index contributed by atoms with van der Waals surface area (Å²) >= 11 is 1.75. The number of nitrogens with one attached hydrogen (secondary N) is 1. The highest BCUT2D eigenvalue weighted by molar-refractivity contribution is 7.09. The average molecular weight is 225 g/mol. The van der Waals surface area contributed by atoms with E-state index in [1.807, 2.05) is 5.51 Å². The van der Waals surface area contributed by atoms with Gasteiger partial charge in [0.25, 0.3) is 0 Å². The minimum atomic E-state index is 0.836. The van der Waals surface area contributed by atoms with Crippen LogP contribution >= 0.6 is 11.3 Å². The lowest BCUT2D eigenvalue weighted by Gasteiger charge is -2.11. The Morgan fingerprint density at radius 3 is 3.13 bits per heavy atom. The summed E-state index contributed by atoms with van der Waals surface area (Å²) in [7, 11) is 2.20. The molecule has 3 nitrogen and oxygen atoms in total. The number of thiazole rings is 1. The van der Waals surface area contributed by atoms with Crippen molar-refractivity contribution in [2.24, 2.45) is 5.92 Å². The molecule has 2 heterocycles. The summed E-state index contributed by atoms with van der Waals surface area (Å²) < 4.78 is 0. The van der Waals surface area contributed by atoms with Gasteiger partial charge in [-0.2, -0.15) is 0 Å². The summed E-state index contributed by atoms with van der Waals surface area (Å²) in [5.74, 6) is 0.836. The van der Waals surface area contributed by atoms with Gasteiger partial charge >= 0.3 is 0 Å². The van der Waals surface area contributed by atoms with Gasteiger partial charge in [-0.1, -0.05) is 0 Å². The van der Waals surface area contributed by atoms with E-state index in [0.717, 1.165) is 19.0 Å². The molecule has 0 spiro atoms. The topological polar surface area (TPSA) is 28.2 Å². The van der Waals surface area contributed by atoms with E-state index in [4.69, 9.17) is 0 Å². The van der Waals surface area contributed by atoms with Crippen LogP contribution in [0.4, 0.5) is 0 Å². The van der Waals surface area contributed by atoms with Crippen LogP contribution in [0.3, 0.4) is 0 Å². The molecule has 0 radical (unpaired) electrons. The van der Waals surface area contributed by atoms with Crippen LogP contribution in [0.15, 0.2) is 5.51 Å². The Bertz CT molecular complexity index is 311. The molecule has 0 amide bonds. The number of aryl methyl sites for hydroxylation is 1. The summed E-state index contributed by atoms with van der Waals surface area (Å²) in [6.45, 7) is 6.70. The predicted octanol–water partition coefficient (Wildman–Crippen LogP) is 1.49. The second kappa shape index (κ2) is 5.05. The van der Waals surface area contributed by atoms with E-state index in [1.54, 1.807) is 11.3 Å². The van der Waals surface area contributed by atoms with Gasteiger partial charge in [0.05, 0.1) is 11.2 Å². The number of hydrogen-bond acceptors (Lipinski definition) is 4. The number of nitrogens with zero attached hydrogens (tertiary/aromatic N) is 2. The van der Waals surface area contributed by atoms with Crippen molar-refractivity contribution in [3.63, 3.8) is 0 Å². The summed E-state index contributed by atoms with van der Waals surface area (Å²) in [6, 6.07) is 0. The van der Waals surface area contributed by atoms with Crippen LogP contribution in [0.5, 0.6) is 0 Å². The largest absolute Gasteiger partial charge is 0.311 e. The smallest absolute Gasteiger partial charge is 0.0798 e. The fourth-order valence-electron chi connectivity index (χ4n) is 2.08. The molecule has 0 aliphatic carbocycles. The third-order valence-corrected chi connectivity index (χ3v) is 3.99. The molecule has 1 saturated heterocycles. The zero-order valence-electron chi connectivity index (χ0n) is 9.49. The first-order valence-corrected chi connectivity index (χ1v) is 6.42. The van der Waals surface area contributed by atoms with Gasteiger partial charge in [-0.3, -0.25) is 0 Å². The molecule has 1 aromatic heterocycles. The lowest BCUT2D eigenvalue weighted by Crippen LogP contribution is -2.24. The third-order valence-electron chi connectivity index (χ3n) is 3.05. The Kier molecular flexibility index (Phi) is 3.72. The Labute approximate surface area is 95.5 Å². The Morgan fingerprint density at radius 2 is 2.53 bits per heavy atom. The van der Waals surface area contributed by atoms with E-state index in [2.05, 4.69) is 29.2 Å². The minimum absolute atomic E-state index is 0.836. The number of aromatic nitrogens is 1. The molecule has 0 bridgehead atoms. The first-order valence-electron chi connectivity index (χ1n) is 5.54. The van der Waals surface area contributed by atoms with Gasteiger partial charge < -0.3 is 10.2 Å². The predicted molar refractivity (Wildman–Crippen MR) is 64.2 cm³/mol. The van der Waals surface area contributed by atoms with Gasteiger partial charge in [0.1, 0.15) is 0 Å². The molecule has 1 aliphatic heterocycles. The van der Waals surface area contributed by atoms with E-state index in [1.165, 1.54) is 30.1 Å². The Hall–Kier alpha value is -0.450. The van der Waals surface area contributed by atoms with Crippen molar-refractivity contribution in [3.8, 4) is 0 Å². The van der Waals surface area contributed by atoms with E-state index in [9.17, 15) is 0 Å². The summed E-state index contributed by atoms with van der Waals surface area (Å²) in [4.78, 5) is 8.03. The van der Waals surface area contributed by atoms with Crippen LogP contribution < -0.4 is 5.32 Å². The Morgan fingerprint density at radius 1 is 1.67 bits per heavy atom. The first-order chi connectivity index (χ1) is 7.25. The SMILES string of the molecule is Cc1ncsc1CNCC1CCN(C)C1. The molecule has 1 unspecified atom stereocenters. The average Bonchev–Trinajstić information content (AvgIpc) is 2.77. The van der Waals surface area contributed by atoms with E-state index in [0.29, 0.717) is 0 Å². The number of hydrogen-bond donors (Lipinski definition) is 1. The first kappa shape index (κ1) is 11.0. The minimum Gasteiger partial charge on any atom is -0.311 e. The molecule has 84 valence electrons. The fourth-order valence-corrected chi connectivity index (χ4v) is 2.83. The number of likely N-dealkylation sites (tertiary alicyclic amines) is 1. The van der Waals surface area contributed by atoms with Crippen LogP contribution in [0, 0.1) is 12.8 Å². The highest BCUT2D eigenvalue weighted by Gasteiger charge is 2.18.